The van der Waals surface area contributed by atoms with Gasteiger partial charge in [0.15, 0.2) is 6.61 Å². The zero-order valence-corrected chi connectivity index (χ0v) is 5.01. The van der Waals surface area contributed by atoms with E-state index in [-0.39, 0.29) is 6.61 Å². The van der Waals surface area contributed by atoms with Crippen molar-refractivity contribution < 1.29 is 14.4 Å². The zero-order valence-electron chi connectivity index (χ0n) is 5.01. The summed E-state index contributed by atoms with van der Waals surface area (Å²) in [6, 6.07) is 0. The molecule has 0 spiro atoms. The monoisotopic (exact) mass is 129 g/mol. The third-order valence-corrected chi connectivity index (χ3v) is 0.507. The summed E-state index contributed by atoms with van der Waals surface area (Å²) in [5, 5.41) is 0. The summed E-state index contributed by atoms with van der Waals surface area (Å²) in [4.78, 5) is 14.7. The Morgan fingerprint density at radius 3 is 3.00 bits per heavy atom. The minimum Gasteiger partial charge on any atom is -0.371 e. The maximum absolute atomic E-state index is 10.3. The van der Waals surface area contributed by atoms with Crippen LogP contribution in [0.3, 0.4) is 0 Å². The van der Waals surface area contributed by atoms with E-state index in [1.807, 2.05) is 0 Å². The number of hydrogen-bond donors (Lipinski definition) is 1. The second-order valence-electron chi connectivity index (χ2n) is 1.08. The van der Waals surface area contributed by atoms with Gasteiger partial charge < -0.3 is 4.74 Å². The normalized spacial score (nSPS) is 8.00. The van der Waals surface area contributed by atoms with E-state index in [1.165, 1.54) is 7.05 Å². The van der Waals surface area contributed by atoms with E-state index in [4.69, 9.17) is 0 Å². The second kappa shape index (κ2) is 5.09. The van der Waals surface area contributed by atoms with E-state index >= 15 is 0 Å². The standard InChI is InChI=1S/C5H7NO3/c1-3-8-5(7)4-9-6-2/h1,6H,4H2,2H3. The fourth-order valence-corrected chi connectivity index (χ4v) is 0.226. The predicted molar refractivity (Wildman–Crippen MR) is 29.9 cm³/mol. The summed E-state index contributed by atoms with van der Waals surface area (Å²) in [6.45, 7) is -0.180. The number of terminal acetylenes is 1. The van der Waals surface area contributed by atoms with Crippen LogP contribution < -0.4 is 5.48 Å². The van der Waals surface area contributed by atoms with Crippen molar-refractivity contribution >= 4 is 5.97 Å². The largest absolute Gasteiger partial charge is 0.371 e. The van der Waals surface area contributed by atoms with Crippen LogP contribution in [-0.2, 0) is 14.4 Å². The highest BCUT2D eigenvalue weighted by molar-refractivity contribution is 5.71. The van der Waals surface area contributed by atoms with Crippen molar-refractivity contribution in [2.45, 2.75) is 0 Å². The Morgan fingerprint density at radius 2 is 2.56 bits per heavy atom. The number of nitrogens with one attached hydrogen (secondary N) is 1. The lowest BCUT2D eigenvalue weighted by Gasteiger charge is -1.95. The Kier molecular flexibility index (Phi) is 4.50. The van der Waals surface area contributed by atoms with E-state index in [0.29, 0.717) is 0 Å². The van der Waals surface area contributed by atoms with Gasteiger partial charge in [0.25, 0.3) is 0 Å². The molecular formula is C5H7NO3. The van der Waals surface area contributed by atoms with Crippen molar-refractivity contribution in [3.05, 3.63) is 0 Å². The summed E-state index contributed by atoms with van der Waals surface area (Å²) < 4.78 is 4.07. The number of rotatable bonds is 3. The fourth-order valence-electron chi connectivity index (χ4n) is 0.226. The van der Waals surface area contributed by atoms with Crippen LogP contribution in [0.2, 0.25) is 0 Å². The number of ether oxygens (including phenoxy) is 1. The van der Waals surface area contributed by atoms with Crippen LogP contribution in [0.25, 0.3) is 0 Å². The lowest BCUT2D eigenvalue weighted by Crippen LogP contribution is -2.16. The lowest BCUT2D eigenvalue weighted by atomic mass is 10.7. The molecule has 0 aliphatic heterocycles. The van der Waals surface area contributed by atoms with E-state index < -0.39 is 5.97 Å². The molecule has 0 aromatic heterocycles. The molecule has 0 aliphatic carbocycles. The van der Waals surface area contributed by atoms with Gasteiger partial charge in [-0.1, -0.05) is 6.42 Å². The molecule has 0 aromatic carbocycles. The first-order chi connectivity index (χ1) is 4.31. The molecule has 0 aliphatic rings. The van der Waals surface area contributed by atoms with Crippen LogP contribution in [0.4, 0.5) is 0 Å². The van der Waals surface area contributed by atoms with Crippen LogP contribution >= 0.6 is 0 Å². The SMILES string of the molecule is C#COC(=O)CONC. The Morgan fingerprint density at radius 1 is 1.89 bits per heavy atom. The van der Waals surface area contributed by atoms with Gasteiger partial charge >= 0.3 is 5.97 Å². The van der Waals surface area contributed by atoms with Crippen molar-refractivity contribution in [2.24, 2.45) is 0 Å². The summed E-state index contributed by atoms with van der Waals surface area (Å²) in [5.74, 6) is -0.591. The molecule has 0 bridgehead atoms. The second-order valence-corrected chi connectivity index (χ2v) is 1.08. The molecule has 0 atom stereocenters. The first-order valence-corrected chi connectivity index (χ1v) is 2.25. The quantitative estimate of drug-likeness (QED) is 0.310. The van der Waals surface area contributed by atoms with Crippen molar-refractivity contribution in [1.29, 1.82) is 0 Å². The minimum absolute atomic E-state index is 0.180. The summed E-state index contributed by atoms with van der Waals surface area (Å²) in [6.07, 6.45) is 6.35. The van der Waals surface area contributed by atoms with Gasteiger partial charge in [-0.3, -0.25) is 4.84 Å². The molecule has 9 heavy (non-hydrogen) atoms. The van der Waals surface area contributed by atoms with Crippen LogP contribution in [0.5, 0.6) is 0 Å². The number of carbonyl (C=O) groups is 1. The van der Waals surface area contributed by atoms with Crippen molar-refractivity contribution in [2.75, 3.05) is 13.7 Å². The van der Waals surface area contributed by atoms with Gasteiger partial charge in [-0.25, -0.2) is 10.3 Å². The van der Waals surface area contributed by atoms with Crippen molar-refractivity contribution in [1.82, 2.24) is 5.48 Å². The Balaban J connectivity index is 3.19. The average Bonchev–Trinajstić information content (AvgIpc) is 1.85. The molecule has 1 N–H and O–H groups in total. The van der Waals surface area contributed by atoms with E-state index in [0.717, 1.165) is 0 Å². The lowest BCUT2D eigenvalue weighted by molar-refractivity contribution is -0.144. The van der Waals surface area contributed by atoms with Gasteiger partial charge in [-0.05, 0) is 0 Å². The molecular weight excluding hydrogens is 122 g/mol. The average molecular weight is 129 g/mol. The van der Waals surface area contributed by atoms with Gasteiger partial charge in [-0.2, -0.15) is 0 Å². The van der Waals surface area contributed by atoms with Gasteiger partial charge in [-0.15, -0.1) is 0 Å². The third kappa shape index (κ3) is 4.81. The summed E-state index contributed by atoms with van der Waals surface area (Å²) in [7, 11) is 1.53. The van der Waals surface area contributed by atoms with Crippen molar-refractivity contribution in [3.63, 3.8) is 0 Å². The number of hydroxylamine groups is 1. The molecule has 0 unspecified atom stereocenters. The van der Waals surface area contributed by atoms with E-state index in [2.05, 4.69) is 21.5 Å². The van der Waals surface area contributed by atoms with E-state index in [1.54, 1.807) is 6.11 Å². The Bertz CT molecular complexity index is 127. The van der Waals surface area contributed by atoms with Crippen LogP contribution in [-0.4, -0.2) is 19.6 Å². The van der Waals surface area contributed by atoms with Crippen LogP contribution in [0.15, 0.2) is 0 Å². The number of esters is 1. The number of carbonyl (C=O) groups excluding carboxylic acids is 1. The van der Waals surface area contributed by atoms with Crippen LogP contribution in [0, 0.1) is 12.5 Å². The van der Waals surface area contributed by atoms with Gasteiger partial charge in [0.2, 0.25) is 0 Å². The topological polar surface area (TPSA) is 47.6 Å². The maximum Gasteiger partial charge on any atom is 0.348 e. The minimum atomic E-state index is -0.591. The molecule has 50 valence electrons. The van der Waals surface area contributed by atoms with E-state index in [9.17, 15) is 4.79 Å². The maximum atomic E-state index is 10.3. The molecule has 4 heteroatoms. The molecule has 0 aromatic rings. The molecule has 0 radical (unpaired) electrons. The van der Waals surface area contributed by atoms with Gasteiger partial charge in [0.1, 0.15) is 6.11 Å². The van der Waals surface area contributed by atoms with Gasteiger partial charge in [0, 0.05) is 7.05 Å². The fraction of sp³-hybridized carbons (Fsp3) is 0.400. The molecule has 0 rings (SSSR count). The summed E-state index contributed by atoms with van der Waals surface area (Å²) in [5.41, 5.74) is 2.29. The Hall–Kier alpha value is -1.05. The number of hydrogen-bond acceptors (Lipinski definition) is 4. The molecule has 0 saturated heterocycles. The highest BCUT2D eigenvalue weighted by Crippen LogP contribution is 1.73. The molecule has 0 fully saturated rings. The zero-order chi connectivity index (χ0) is 7.11. The molecule has 0 heterocycles. The highest BCUT2D eigenvalue weighted by Gasteiger charge is 1.98. The van der Waals surface area contributed by atoms with Crippen LogP contribution in [0.1, 0.15) is 0 Å². The highest BCUT2D eigenvalue weighted by atomic mass is 16.7. The molecule has 0 amide bonds. The predicted octanol–water partition coefficient (Wildman–Crippen LogP) is -0.729. The first-order valence-electron chi connectivity index (χ1n) is 2.25. The molecule has 0 saturated carbocycles. The Labute approximate surface area is 53.1 Å². The first kappa shape index (κ1) is 7.95. The smallest absolute Gasteiger partial charge is 0.348 e. The molecule has 4 nitrogen and oxygen atoms in total. The summed E-state index contributed by atoms with van der Waals surface area (Å²) >= 11 is 0. The van der Waals surface area contributed by atoms with Crippen molar-refractivity contribution in [3.8, 4) is 12.5 Å². The third-order valence-electron chi connectivity index (χ3n) is 0.507. The van der Waals surface area contributed by atoms with Gasteiger partial charge in [0.05, 0.1) is 0 Å².